The van der Waals surface area contributed by atoms with Gasteiger partial charge in [0.05, 0.1) is 25.5 Å². The Balaban J connectivity index is 1.67. The lowest BCUT2D eigenvalue weighted by Crippen LogP contribution is -2.54. The van der Waals surface area contributed by atoms with Gasteiger partial charge in [-0.2, -0.15) is 0 Å². The summed E-state index contributed by atoms with van der Waals surface area (Å²) >= 11 is 5.34. The summed E-state index contributed by atoms with van der Waals surface area (Å²) in [6, 6.07) is 19.6. The minimum Gasteiger partial charge on any atom is -0.493 e. The van der Waals surface area contributed by atoms with E-state index in [1.165, 1.54) is 11.0 Å². The van der Waals surface area contributed by atoms with Gasteiger partial charge < -0.3 is 18.9 Å². The van der Waals surface area contributed by atoms with Crippen molar-refractivity contribution in [2.75, 3.05) is 24.7 Å². The summed E-state index contributed by atoms with van der Waals surface area (Å²) in [4.78, 5) is 27.7. The molecule has 1 saturated heterocycles. The zero-order chi connectivity index (χ0) is 27.1. The molecule has 0 atom stereocenters. The van der Waals surface area contributed by atoms with E-state index in [4.69, 9.17) is 31.2 Å². The molecule has 1 aliphatic rings. The summed E-state index contributed by atoms with van der Waals surface area (Å²) < 4.78 is 23.0. The molecule has 0 spiro atoms. The number of benzene rings is 3. The molecular weight excluding hydrogens is 504 g/mol. The van der Waals surface area contributed by atoms with E-state index in [-0.39, 0.29) is 10.7 Å². The average Bonchev–Trinajstić information content (AvgIpc) is 2.90. The molecule has 2 amide bonds. The van der Waals surface area contributed by atoms with Gasteiger partial charge in [-0.15, -0.1) is 0 Å². The molecule has 0 aliphatic carbocycles. The molecule has 1 aliphatic heterocycles. The highest BCUT2D eigenvalue weighted by atomic mass is 32.1. The summed E-state index contributed by atoms with van der Waals surface area (Å²) in [6.45, 7) is 6.80. The topological polar surface area (TPSA) is 86.3 Å². The van der Waals surface area contributed by atoms with E-state index in [1.54, 1.807) is 36.4 Å². The van der Waals surface area contributed by atoms with Crippen LogP contribution in [0.25, 0.3) is 6.08 Å². The molecule has 0 unspecified atom stereocenters. The van der Waals surface area contributed by atoms with Crippen LogP contribution >= 0.6 is 12.2 Å². The van der Waals surface area contributed by atoms with Crippen molar-refractivity contribution < 1.29 is 28.5 Å². The lowest BCUT2D eigenvalue weighted by molar-refractivity contribution is -0.122. The number of anilines is 1. The van der Waals surface area contributed by atoms with Gasteiger partial charge in [0.2, 0.25) is 0 Å². The van der Waals surface area contributed by atoms with Crippen molar-refractivity contribution in [2.45, 2.75) is 20.8 Å². The molecule has 3 aromatic carbocycles. The van der Waals surface area contributed by atoms with Crippen LogP contribution in [0, 0.1) is 0 Å². The molecule has 1 N–H and O–H groups in total. The highest BCUT2D eigenvalue weighted by molar-refractivity contribution is 7.80. The third-order valence-corrected chi connectivity index (χ3v) is 5.74. The molecule has 0 aromatic heterocycles. The zero-order valence-electron chi connectivity index (χ0n) is 21.4. The normalized spacial score (nSPS) is 14.3. The van der Waals surface area contributed by atoms with Crippen molar-refractivity contribution in [2.24, 2.45) is 0 Å². The molecule has 0 radical (unpaired) electrons. The third-order valence-electron chi connectivity index (χ3n) is 5.45. The summed E-state index contributed by atoms with van der Waals surface area (Å²) in [5.41, 5.74) is 0.880. The minimum atomic E-state index is -0.602. The Kier molecular flexibility index (Phi) is 8.60. The maximum absolute atomic E-state index is 13.6. The van der Waals surface area contributed by atoms with Crippen LogP contribution in [0.15, 0.2) is 72.3 Å². The Hall–Kier alpha value is -4.37. The van der Waals surface area contributed by atoms with E-state index >= 15 is 0 Å². The van der Waals surface area contributed by atoms with Gasteiger partial charge in [-0.25, -0.2) is 0 Å². The Morgan fingerprint density at radius 3 is 2.00 bits per heavy atom. The number of carbonyl (C=O) groups is 2. The minimum absolute atomic E-state index is 0.0133. The molecule has 38 heavy (non-hydrogen) atoms. The van der Waals surface area contributed by atoms with Crippen molar-refractivity contribution in [1.29, 1.82) is 0 Å². The quantitative estimate of drug-likeness (QED) is 0.209. The van der Waals surface area contributed by atoms with Gasteiger partial charge in [-0.1, -0.05) is 18.2 Å². The number of amides is 2. The van der Waals surface area contributed by atoms with E-state index in [0.717, 1.165) is 0 Å². The second-order valence-corrected chi connectivity index (χ2v) is 8.39. The Bertz CT molecular complexity index is 1360. The average molecular weight is 533 g/mol. The summed E-state index contributed by atoms with van der Waals surface area (Å²) in [5.74, 6) is 1.56. The van der Waals surface area contributed by atoms with Crippen LogP contribution in [0.2, 0.25) is 0 Å². The first-order valence-corrected chi connectivity index (χ1v) is 12.7. The number of hydrogen-bond acceptors (Lipinski definition) is 7. The molecule has 3 aromatic rings. The van der Waals surface area contributed by atoms with E-state index in [2.05, 4.69) is 5.32 Å². The van der Waals surface area contributed by atoms with Gasteiger partial charge in [0.1, 0.15) is 22.8 Å². The van der Waals surface area contributed by atoms with Gasteiger partial charge in [0.15, 0.2) is 16.6 Å². The van der Waals surface area contributed by atoms with Gasteiger partial charge in [-0.3, -0.25) is 19.8 Å². The van der Waals surface area contributed by atoms with E-state index in [0.29, 0.717) is 59.8 Å². The van der Waals surface area contributed by atoms with Crippen LogP contribution in [0.4, 0.5) is 5.69 Å². The number of carbonyl (C=O) groups excluding carboxylic acids is 2. The van der Waals surface area contributed by atoms with Crippen LogP contribution in [0.1, 0.15) is 26.3 Å². The lowest BCUT2D eigenvalue weighted by Gasteiger charge is -2.29. The molecular formula is C29H28N2O6S. The smallest absolute Gasteiger partial charge is 0.270 e. The van der Waals surface area contributed by atoms with Gasteiger partial charge in [0.25, 0.3) is 11.8 Å². The Labute approximate surface area is 226 Å². The highest BCUT2D eigenvalue weighted by Crippen LogP contribution is 2.37. The maximum atomic E-state index is 13.6. The SMILES string of the molecule is CCOc1cc(OCC)c(OCC)cc1/C=C1\C(=O)NC(=S)N(c2ccc(Oc3ccccc3)cc2)C1=O. The first-order chi connectivity index (χ1) is 18.4. The number of thiocarbonyl (C=S) groups is 1. The predicted molar refractivity (Wildman–Crippen MR) is 149 cm³/mol. The van der Waals surface area contributed by atoms with Gasteiger partial charge >= 0.3 is 0 Å². The zero-order valence-corrected chi connectivity index (χ0v) is 22.2. The molecule has 1 fully saturated rings. The molecule has 8 nitrogen and oxygen atoms in total. The fourth-order valence-corrected chi connectivity index (χ4v) is 4.10. The van der Waals surface area contributed by atoms with Gasteiger partial charge in [-0.05, 0) is 81.5 Å². The van der Waals surface area contributed by atoms with Crippen LogP contribution in [0.3, 0.4) is 0 Å². The number of nitrogens with zero attached hydrogens (tertiary/aromatic N) is 1. The van der Waals surface area contributed by atoms with Crippen LogP contribution in [-0.4, -0.2) is 36.7 Å². The van der Waals surface area contributed by atoms with E-state index in [1.807, 2.05) is 51.1 Å². The monoisotopic (exact) mass is 532 g/mol. The standard InChI is InChI=1S/C29H28N2O6S/c1-4-34-24-18-26(36-6-3)25(35-5-2)17-19(24)16-23-27(32)30-29(38)31(28(23)33)20-12-14-22(15-13-20)37-21-10-8-7-9-11-21/h7-18H,4-6H2,1-3H3,(H,30,32,38)/b23-16+. The van der Waals surface area contributed by atoms with Crippen molar-refractivity contribution in [3.05, 3.63) is 77.9 Å². The lowest BCUT2D eigenvalue weighted by atomic mass is 10.1. The molecule has 0 saturated carbocycles. The number of nitrogens with one attached hydrogen (secondary N) is 1. The van der Waals surface area contributed by atoms with Crippen LogP contribution in [0.5, 0.6) is 28.7 Å². The maximum Gasteiger partial charge on any atom is 0.270 e. The third kappa shape index (κ3) is 5.95. The Morgan fingerprint density at radius 2 is 1.37 bits per heavy atom. The highest BCUT2D eigenvalue weighted by Gasteiger charge is 2.35. The van der Waals surface area contributed by atoms with Crippen molar-refractivity contribution in [3.8, 4) is 28.7 Å². The van der Waals surface area contributed by atoms with Crippen molar-refractivity contribution in [1.82, 2.24) is 5.32 Å². The first kappa shape index (κ1) is 26.7. The molecule has 1 heterocycles. The second-order valence-electron chi connectivity index (χ2n) is 8.00. The van der Waals surface area contributed by atoms with E-state index < -0.39 is 11.8 Å². The first-order valence-electron chi connectivity index (χ1n) is 12.3. The second kappa shape index (κ2) is 12.2. The number of hydrogen-bond donors (Lipinski definition) is 1. The van der Waals surface area contributed by atoms with Gasteiger partial charge in [0, 0.05) is 11.6 Å². The Morgan fingerprint density at radius 1 is 0.789 bits per heavy atom. The number of para-hydroxylation sites is 1. The fourth-order valence-electron chi connectivity index (χ4n) is 3.82. The number of ether oxygens (including phenoxy) is 4. The molecule has 196 valence electrons. The molecule has 4 rings (SSSR count). The summed E-state index contributed by atoms with van der Waals surface area (Å²) in [6.07, 6.45) is 1.47. The van der Waals surface area contributed by atoms with Crippen LogP contribution in [-0.2, 0) is 9.59 Å². The van der Waals surface area contributed by atoms with Crippen molar-refractivity contribution in [3.63, 3.8) is 0 Å². The molecule has 9 heteroatoms. The largest absolute Gasteiger partial charge is 0.493 e. The summed E-state index contributed by atoms with van der Waals surface area (Å²) in [7, 11) is 0. The van der Waals surface area contributed by atoms with Crippen LogP contribution < -0.4 is 29.2 Å². The van der Waals surface area contributed by atoms with E-state index in [9.17, 15) is 9.59 Å². The fraction of sp³-hybridized carbons (Fsp3) is 0.207. The van der Waals surface area contributed by atoms with Crippen molar-refractivity contribution >= 4 is 40.9 Å². The summed E-state index contributed by atoms with van der Waals surface area (Å²) in [5, 5.41) is 2.59. The predicted octanol–water partition coefficient (Wildman–Crippen LogP) is 5.51. The molecule has 0 bridgehead atoms. The number of rotatable bonds is 10.